The Kier molecular flexibility index (Phi) is 5.26. The normalized spacial score (nSPS) is 13.6. The molecule has 0 spiro atoms. The fourth-order valence-electron chi connectivity index (χ4n) is 3.25. The van der Waals surface area contributed by atoms with Crippen molar-refractivity contribution >= 4 is 23.1 Å². The van der Waals surface area contributed by atoms with Crippen molar-refractivity contribution < 1.29 is 14.2 Å². The Labute approximate surface area is 171 Å². The van der Waals surface area contributed by atoms with Crippen LogP contribution in [0, 0.1) is 0 Å². The summed E-state index contributed by atoms with van der Waals surface area (Å²) in [6.07, 6.45) is 1.82. The van der Waals surface area contributed by atoms with Crippen LogP contribution >= 0.6 is 11.3 Å². The fraction of sp³-hybridized carbons (Fsp3) is 0.238. The Morgan fingerprint density at radius 2 is 1.72 bits per heavy atom. The molecule has 0 unspecified atom stereocenters. The first-order chi connectivity index (χ1) is 14.1. The molecular weight excluding hydrogens is 390 g/mol. The predicted molar refractivity (Wildman–Crippen MR) is 113 cm³/mol. The average Bonchev–Trinajstić information content (AvgIpc) is 3.08. The first-order valence-corrected chi connectivity index (χ1v) is 9.82. The van der Waals surface area contributed by atoms with E-state index in [1.165, 1.54) is 11.3 Å². The number of nitrogens with zero attached hydrogens (tertiary/aromatic N) is 3. The highest BCUT2D eigenvalue weighted by atomic mass is 32.1. The molecule has 1 aromatic heterocycles. The van der Waals surface area contributed by atoms with Crippen LogP contribution in [0.1, 0.15) is 5.56 Å². The number of rotatable bonds is 5. The molecule has 0 saturated carbocycles. The highest BCUT2D eigenvalue weighted by Crippen LogP contribution is 2.38. The van der Waals surface area contributed by atoms with Gasteiger partial charge in [0.05, 0.1) is 25.9 Å². The Bertz CT molecular complexity index is 1180. The molecule has 2 aromatic carbocycles. The van der Waals surface area contributed by atoms with E-state index in [0.717, 1.165) is 16.1 Å². The Hall–Kier alpha value is -3.26. The van der Waals surface area contributed by atoms with Gasteiger partial charge in [-0.15, -0.1) is 0 Å². The number of anilines is 1. The Morgan fingerprint density at radius 1 is 1.03 bits per heavy atom. The van der Waals surface area contributed by atoms with Crippen molar-refractivity contribution in [2.45, 2.75) is 6.67 Å². The lowest BCUT2D eigenvalue weighted by Crippen LogP contribution is -2.42. The summed E-state index contributed by atoms with van der Waals surface area (Å²) in [7, 11) is 4.69. The minimum absolute atomic E-state index is 0.0665. The molecular formula is C21H21N3O4S. The second kappa shape index (κ2) is 8.00. The minimum Gasteiger partial charge on any atom is -0.493 e. The average molecular weight is 411 g/mol. The SMILES string of the molecule is COc1cc(C=c2sc3n(c2=O)CN(c2ccccc2)CN=3)cc(OC)c1OC. The topological polar surface area (TPSA) is 65.3 Å². The van der Waals surface area contributed by atoms with E-state index in [1.807, 2.05) is 48.5 Å². The van der Waals surface area contributed by atoms with Crippen LogP contribution in [0.5, 0.6) is 17.2 Å². The molecule has 3 aromatic rings. The van der Waals surface area contributed by atoms with Crippen molar-refractivity contribution in [1.82, 2.24) is 4.57 Å². The second-order valence-corrected chi connectivity index (χ2v) is 7.41. The summed E-state index contributed by atoms with van der Waals surface area (Å²) < 4.78 is 18.5. The van der Waals surface area contributed by atoms with E-state index >= 15 is 0 Å². The molecule has 4 rings (SSSR count). The molecule has 0 bridgehead atoms. The lowest BCUT2D eigenvalue weighted by Gasteiger charge is -2.25. The number of ether oxygens (including phenoxy) is 3. The first kappa shape index (κ1) is 19.1. The standard InChI is InChI=1S/C21H21N3O4S/c1-26-16-9-14(10-17(27-2)19(16)28-3)11-18-20(25)24-13-23(12-22-21(24)29-18)15-7-5-4-6-8-15/h4-11H,12-13H2,1-3H3. The van der Waals surface area contributed by atoms with E-state index in [1.54, 1.807) is 25.9 Å². The van der Waals surface area contributed by atoms with Crippen LogP contribution in [0.2, 0.25) is 0 Å². The third-order valence-electron chi connectivity index (χ3n) is 4.68. The molecule has 1 aliphatic heterocycles. The summed E-state index contributed by atoms with van der Waals surface area (Å²) in [5.74, 6) is 1.60. The molecule has 1 aliphatic rings. The Balaban J connectivity index is 1.75. The second-order valence-electron chi connectivity index (χ2n) is 6.40. The summed E-state index contributed by atoms with van der Waals surface area (Å²) in [4.78, 5) is 20.4. The molecule has 150 valence electrons. The van der Waals surface area contributed by atoms with Gasteiger partial charge in [-0.1, -0.05) is 29.5 Å². The van der Waals surface area contributed by atoms with Crippen LogP contribution in [0.3, 0.4) is 0 Å². The number of benzene rings is 2. The quantitative estimate of drug-likeness (QED) is 0.641. The van der Waals surface area contributed by atoms with Crippen LogP contribution < -0.4 is 34.0 Å². The minimum atomic E-state index is -0.0665. The molecule has 7 nitrogen and oxygen atoms in total. The van der Waals surface area contributed by atoms with Crippen LogP contribution in [0.15, 0.2) is 52.3 Å². The van der Waals surface area contributed by atoms with Crippen LogP contribution in [-0.4, -0.2) is 32.6 Å². The molecule has 8 heteroatoms. The fourth-order valence-corrected chi connectivity index (χ4v) is 4.21. The van der Waals surface area contributed by atoms with Gasteiger partial charge in [0.15, 0.2) is 16.3 Å². The van der Waals surface area contributed by atoms with Crippen molar-refractivity contribution in [3.05, 3.63) is 67.7 Å². The van der Waals surface area contributed by atoms with Gasteiger partial charge >= 0.3 is 0 Å². The van der Waals surface area contributed by atoms with Gasteiger partial charge in [-0.05, 0) is 35.9 Å². The van der Waals surface area contributed by atoms with Gasteiger partial charge in [-0.2, -0.15) is 0 Å². The van der Waals surface area contributed by atoms with Crippen molar-refractivity contribution in [1.29, 1.82) is 0 Å². The molecule has 0 atom stereocenters. The number of para-hydroxylation sites is 1. The summed E-state index contributed by atoms with van der Waals surface area (Å²) in [5, 5.41) is 0. The van der Waals surface area contributed by atoms with E-state index in [9.17, 15) is 4.79 Å². The van der Waals surface area contributed by atoms with Crippen molar-refractivity contribution in [2.24, 2.45) is 4.99 Å². The zero-order valence-corrected chi connectivity index (χ0v) is 17.2. The number of methoxy groups -OCH3 is 3. The van der Waals surface area contributed by atoms with E-state index in [-0.39, 0.29) is 5.56 Å². The molecule has 0 aliphatic carbocycles. The van der Waals surface area contributed by atoms with Gasteiger partial charge < -0.3 is 19.1 Å². The maximum atomic E-state index is 13.0. The van der Waals surface area contributed by atoms with Gasteiger partial charge in [-0.3, -0.25) is 9.36 Å². The van der Waals surface area contributed by atoms with Gasteiger partial charge in [0.2, 0.25) is 5.75 Å². The van der Waals surface area contributed by atoms with Gasteiger partial charge in [-0.25, -0.2) is 4.99 Å². The number of thiazole rings is 1. The van der Waals surface area contributed by atoms with Crippen LogP contribution in [-0.2, 0) is 6.67 Å². The number of fused-ring (bicyclic) bond motifs is 1. The van der Waals surface area contributed by atoms with Crippen molar-refractivity contribution in [2.75, 3.05) is 32.9 Å². The van der Waals surface area contributed by atoms with Gasteiger partial charge in [0.25, 0.3) is 5.56 Å². The highest BCUT2D eigenvalue weighted by molar-refractivity contribution is 7.07. The molecule has 0 fully saturated rings. The zero-order valence-electron chi connectivity index (χ0n) is 16.4. The lowest BCUT2D eigenvalue weighted by atomic mass is 10.1. The molecule has 0 N–H and O–H groups in total. The number of hydrogen-bond donors (Lipinski definition) is 0. The van der Waals surface area contributed by atoms with E-state index in [2.05, 4.69) is 9.89 Å². The largest absolute Gasteiger partial charge is 0.493 e. The first-order valence-electron chi connectivity index (χ1n) is 9.00. The smallest absolute Gasteiger partial charge is 0.271 e. The predicted octanol–water partition coefficient (Wildman–Crippen LogP) is 1.82. The molecule has 0 saturated heterocycles. The highest BCUT2D eigenvalue weighted by Gasteiger charge is 2.16. The summed E-state index contributed by atoms with van der Waals surface area (Å²) in [6, 6.07) is 13.6. The van der Waals surface area contributed by atoms with Crippen molar-refractivity contribution in [3.63, 3.8) is 0 Å². The van der Waals surface area contributed by atoms with Crippen LogP contribution in [0.4, 0.5) is 5.69 Å². The zero-order chi connectivity index (χ0) is 20.4. The third-order valence-corrected chi connectivity index (χ3v) is 5.73. The molecule has 0 radical (unpaired) electrons. The number of hydrogen-bond acceptors (Lipinski definition) is 7. The van der Waals surface area contributed by atoms with E-state index < -0.39 is 0 Å². The third kappa shape index (κ3) is 3.58. The Morgan fingerprint density at radius 3 is 2.34 bits per heavy atom. The van der Waals surface area contributed by atoms with E-state index in [4.69, 9.17) is 14.2 Å². The van der Waals surface area contributed by atoms with Crippen LogP contribution in [0.25, 0.3) is 6.08 Å². The summed E-state index contributed by atoms with van der Waals surface area (Å²) in [6.45, 7) is 0.995. The van der Waals surface area contributed by atoms with Gasteiger partial charge in [0, 0.05) is 5.69 Å². The molecule has 2 heterocycles. The van der Waals surface area contributed by atoms with Crippen molar-refractivity contribution in [3.8, 4) is 17.2 Å². The monoisotopic (exact) mass is 411 g/mol. The summed E-state index contributed by atoms with van der Waals surface area (Å²) in [5.41, 5.74) is 1.76. The van der Waals surface area contributed by atoms with E-state index in [0.29, 0.717) is 35.1 Å². The lowest BCUT2D eigenvalue weighted by molar-refractivity contribution is 0.324. The maximum Gasteiger partial charge on any atom is 0.271 e. The van der Waals surface area contributed by atoms with Gasteiger partial charge in [0.1, 0.15) is 13.3 Å². The summed E-state index contributed by atoms with van der Waals surface area (Å²) >= 11 is 1.38. The maximum absolute atomic E-state index is 13.0. The number of aromatic nitrogens is 1. The molecule has 29 heavy (non-hydrogen) atoms. The molecule has 0 amide bonds.